The Morgan fingerprint density at radius 1 is 1.78 bits per heavy atom. The molecule has 0 aliphatic heterocycles. The summed E-state index contributed by atoms with van der Waals surface area (Å²) in [6.45, 7) is 1.47. The van der Waals surface area contributed by atoms with Crippen LogP contribution in [-0.4, -0.2) is 35.4 Å². The van der Waals surface area contributed by atoms with Crippen molar-refractivity contribution in [2.24, 2.45) is 0 Å². The lowest BCUT2D eigenvalue weighted by Gasteiger charge is -2.03. The van der Waals surface area contributed by atoms with Gasteiger partial charge in [-0.15, -0.1) is 0 Å². The Kier molecular flexibility index (Phi) is 4.00. The summed E-state index contributed by atoms with van der Waals surface area (Å²) in [4.78, 5) is 10.4. The van der Waals surface area contributed by atoms with Gasteiger partial charge in [-0.25, -0.2) is 0 Å². The van der Waals surface area contributed by atoms with Gasteiger partial charge >= 0.3 is 0 Å². The Bertz CT molecular complexity index is 92.2. The van der Waals surface area contributed by atoms with Crippen molar-refractivity contribution in [3.63, 3.8) is 0 Å². The average Bonchev–Trinajstić information content (AvgIpc) is 1.82. The fraction of sp³-hybridized carbons (Fsp3) is 0.800. The number of hydrogen-bond acceptors (Lipinski definition) is 3. The van der Waals surface area contributed by atoms with Crippen LogP contribution < -0.4 is 5.32 Å². The Labute approximate surface area is 53.5 Å². The summed E-state index contributed by atoms with van der Waals surface area (Å²) in [6.07, 6.45) is -0.989. The lowest BCUT2D eigenvalue weighted by atomic mass is 10.4. The van der Waals surface area contributed by atoms with Crippen LogP contribution in [0.3, 0.4) is 0 Å². The largest absolute Gasteiger partial charge is 0.395 e. The van der Waals surface area contributed by atoms with Crippen LogP contribution in [-0.2, 0) is 4.79 Å². The molecule has 0 radical (unpaired) electrons. The predicted octanol–water partition coefficient (Wildman–Crippen LogP) is -1.52. The maximum absolute atomic E-state index is 10.4. The predicted molar refractivity (Wildman–Crippen MR) is 31.8 cm³/mol. The van der Waals surface area contributed by atoms with Gasteiger partial charge in [0.15, 0.2) is 0 Å². The second kappa shape index (κ2) is 4.29. The molecule has 0 aliphatic carbocycles. The van der Waals surface area contributed by atoms with Crippen LogP contribution in [0.4, 0.5) is 0 Å². The first-order valence-electron chi connectivity index (χ1n) is 2.75. The lowest BCUT2D eigenvalue weighted by Crippen LogP contribution is -2.34. The first-order valence-corrected chi connectivity index (χ1v) is 2.75. The molecule has 1 atom stereocenters. The molecule has 0 heterocycles. The number of aliphatic hydroxyl groups excluding tert-OH is 2. The van der Waals surface area contributed by atoms with E-state index in [-0.39, 0.29) is 13.2 Å². The molecule has 0 rings (SSSR count). The fourth-order valence-corrected chi connectivity index (χ4v) is 0.327. The molecule has 3 N–H and O–H groups in total. The van der Waals surface area contributed by atoms with Crippen LogP contribution in [0, 0.1) is 0 Å². The van der Waals surface area contributed by atoms with E-state index in [9.17, 15) is 4.79 Å². The molecular weight excluding hydrogens is 122 g/mol. The molecule has 0 aromatic rings. The molecule has 1 amide bonds. The molecule has 0 aromatic carbocycles. The molecule has 4 nitrogen and oxygen atoms in total. The van der Waals surface area contributed by atoms with E-state index in [1.54, 1.807) is 0 Å². The molecule has 9 heavy (non-hydrogen) atoms. The van der Waals surface area contributed by atoms with E-state index in [1.807, 2.05) is 0 Å². The highest BCUT2D eigenvalue weighted by Gasteiger charge is 2.05. The average molecular weight is 133 g/mol. The summed E-state index contributed by atoms with van der Waals surface area (Å²) in [7, 11) is 0. The van der Waals surface area contributed by atoms with Crippen molar-refractivity contribution in [1.29, 1.82) is 0 Å². The van der Waals surface area contributed by atoms with Gasteiger partial charge in [0.25, 0.3) is 0 Å². The van der Waals surface area contributed by atoms with Crippen molar-refractivity contribution >= 4 is 5.91 Å². The van der Waals surface area contributed by atoms with E-state index in [0.29, 0.717) is 0 Å². The molecule has 0 bridgehead atoms. The highest BCUT2D eigenvalue weighted by atomic mass is 16.3. The van der Waals surface area contributed by atoms with Crippen molar-refractivity contribution in [2.75, 3.05) is 13.2 Å². The SMILES string of the molecule is C[C@@H](O)C(=O)NCCO. The third kappa shape index (κ3) is 3.93. The van der Waals surface area contributed by atoms with E-state index in [0.717, 1.165) is 0 Å². The summed E-state index contributed by atoms with van der Waals surface area (Å²) in [5.41, 5.74) is 0. The molecule has 54 valence electrons. The van der Waals surface area contributed by atoms with Gasteiger partial charge in [0.05, 0.1) is 6.61 Å². The molecule has 0 spiro atoms. The second-order valence-electron chi connectivity index (χ2n) is 1.69. The second-order valence-corrected chi connectivity index (χ2v) is 1.69. The summed E-state index contributed by atoms with van der Waals surface area (Å²) in [6, 6.07) is 0. The third-order valence-corrected chi connectivity index (χ3v) is 0.790. The zero-order chi connectivity index (χ0) is 7.28. The highest BCUT2D eigenvalue weighted by Crippen LogP contribution is 1.76. The molecule has 0 fully saturated rings. The van der Waals surface area contributed by atoms with Crippen molar-refractivity contribution in [1.82, 2.24) is 5.32 Å². The fourth-order valence-electron chi connectivity index (χ4n) is 0.327. The van der Waals surface area contributed by atoms with Crippen LogP contribution in [0.25, 0.3) is 0 Å². The Balaban J connectivity index is 3.28. The molecule has 0 saturated carbocycles. The first-order chi connectivity index (χ1) is 4.18. The summed E-state index contributed by atoms with van der Waals surface area (Å²) in [5, 5.41) is 19.0. The van der Waals surface area contributed by atoms with Crippen LogP contribution >= 0.6 is 0 Å². The van der Waals surface area contributed by atoms with Crippen LogP contribution in [0.2, 0.25) is 0 Å². The number of amides is 1. The van der Waals surface area contributed by atoms with Crippen LogP contribution in [0.5, 0.6) is 0 Å². The lowest BCUT2D eigenvalue weighted by molar-refractivity contribution is -0.128. The zero-order valence-electron chi connectivity index (χ0n) is 5.29. The number of nitrogens with one attached hydrogen (secondary N) is 1. The van der Waals surface area contributed by atoms with Gasteiger partial charge in [-0.2, -0.15) is 0 Å². The number of carbonyl (C=O) groups is 1. The van der Waals surface area contributed by atoms with Gasteiger partial charge in [0, 0.05) is 6.54 Å². The van der Waals surface area contributed by atoms with Gasteiger partial charge in [0.1, 0.15) is 6.10 Å². The van der Waals surface area contributed by atoms with E-state index in [1.165, 1.54) is 6.92 Å². The quantitative estimate of drug-likeness (QED) is 0.437. The minimum Gasteiger partial charge on any atom is -0.395 e. The van der Waals surface area contributed by atoms with Crippen LogP contribution in [0.1, 0.15) is 6.92 Å². The highest BCUT2D eigenvalue weighted by molar-refractivity contribution is 5.79. The zero-order valence-corrected chi connectivity index (χ0v) is 5.29. The number of hydrogen-bond donors (Lipinski definition) is 3. The van der Waals surface area contributed by atoms with Crippen LogP contribution in [0.15, 0.2) is 0 Å². The molecule has 4 heteroatoms. The van der Waals surface area contributed by atoms with Gasteiger partial charge in [0.2, 0.25) is 5.91 Å². The minimum absolute atomic E-state index is 0.0987. The maximum atomic E-state index is 10.4. The summed E-state index contributed by atoms with van der Waals surface area (Å²) < 4.78 is 0. The van der Waals surface area contributed by atoms with Gasteiger partial charge < -0.3 is 15.5 Å². The van der Waals surface area contributed by atoms with E-state index in [4.69, 9.17) is 10.2 Å². The van der Waals surface area contributed by atoms with E-state index < -0.39 is 12.0 Å². The molecule has 0 aliphatic rings. The molecule has 0 saturated heterocycles. The van der Waals surface area contributed by atoms with E-state index >= 15 is 0 Å². The third-order valence-electron chi connectivity index (χ3n) is 0.790. The number of rotatable bonds is 3. The standard InChI is InChI=1S/C5H11NO3/c1-4(8)5(9)6-2-3-7/h4,7-8H,2-3H2,1H3,(H,6,9)/t4-/m1/s1. The molecular formula is C5H11NO3. The van der Waals surface area contributed by atoms with Crippen molar-refractivity contribution in [3.05, 3.63) is 0 Å². The topological polar surface area (TPSA) is 69.6 Å². The Morgan fingerprint density at radius 3 is 2.67 bits per heavy atom. The number of aliphatic hydroxyl groups is 2. The van der Waals surface area contributed by atoms with Gasteiger partial charge in [-0.05, 0) is 6.92 Å². The summed E-state index contributed by atoms with van der Waals surface area (Å²) in [5.74, 6) is -0.455. The molecule has 0 unspecified atom stereocenters. The van der Waals surface area contributed by atoms with Gasteiger partial charge in [-0.1, -0.05) is 0 Å². The van der Waals surface area contributed by atoms with Gasteiger partial charge in [-0.3, -0.25) is 4.79 Å². The number of carbonyl (C=O) groups excluding carboxylic acids is 1. The molecule has 0 aromatic heterocycles. The Hall–Kier alpha value is -0.610. The minimum atomic E-state index is -0.989. The van der Waals surface area contributed by atoms with Crippen molar-refractivity contribution < 1.29 is 15.0 Å². The maximum Gasteiger partial charge on any atom is 0.248 e. The van der Waals surface area contributed by atoms with Crippen molar-refractivity contribution in [3.8, 4) is 0 Å². The first kappa shape index (κ1) is 8.39. The normalized spacial score (nSPS) is 12.8. The summed E-state index contributed by atoms with van der Waals surface area (Å²) >= 11 is 0. The smallest absolute Gasteiger partial charge is 0.248 e. The van der Waals surface area contributed by atoms with Crippen molar-refractivity contribution in [2.45, 2.75) is 13.0 Å². The van der Waals surface area contributed by atoms with E-state index in [2.05, 4.69) is 5.32 Å². The monoisotopic (exact) mass is 133 g/mol. The Morgan fingerprint density at radius 2 is 2.33 bits per heavy atom.